The predicted octanol–water partition coefficient (Wildman–Crippen LogP) is 2.67. The zero-order valence-electron chi connectivity index (χ0n) is 20.4. The first-order valence-corrected chi connectivity index (χ1v) is 12.0. The largest absolute Gasteiger partial charge is 0.496 e. The molecule has 0 unspecified atom stereocenters. The van der Waals surface area contributed by atoms with Crippen molar-refractivity contribution in [3.8, 4) is 17.0 Å². The van der Waals surface area contributed by atoms with Crippen LogP contribution in [0.5, 0.6) is 5.75 Å². The van der Waals surface area contributed by atoms with Crippen LogP contribution in [0.1, 0.15) is 0 Å². The van der Waals surface area contributed by atoms with E-state index in [1.807, 2.05) is 42.5 Å². The number of methoxy groups -OCH3 is 1. The van der Waals surface area contributed by atoms with Crippen LogP contribution in [0.15, 0.2) is 83.9 Å². The summed E-state index contributed by atoms with van der Waals surface area (Å²) >= 11 is 0. The number of amides is 1. The summed E-state index contributed by atoms with van der Waals surface area (Å²) in [6, 6.07) is 22.4. The van der Waals surface area contributed by atoms with Gasteiger partial charge in [-0.2, -0.15) is 5.10 Å². The lowest BCUT2D eigenvalue weighted by Crippen LogP contribution is -2.46. The molecule has 0 bridgehead atoms. The fourth-order valence-electron chi connectivity index (χ4n) is 4.30. The van der Waals surface area contributed by atoms with E-state index in [-0.39, 0.29) is 12.1 Å². The number of rotatable bonds is 7. The molecular formula is C27H27N7O3. The molecular weight excluding hydrogens is 470 g/mol. The number of piperazine rings is 1. The third-order valence-corrected chi connectivity index (χ3v) is 6.19. The van der Waals surface area contributed by atoms with Crippen LogP contribution in [0.25, 0.3) is 11.3 Å². The first-order valence-electron chi connectivity index (χ1n) is 12.0. The molecule has 1 amide bonds. The monoisotopic (exact) mass is 497 g/mol. The average molecular weight is 498 g/mol. The number of nitrogens with zero attached hydrogens (tertiary/aromatic N) is 6. The molecule has 5 rings (SSSR count). The lowest BCUT2D eigenvalue weighted by molar-refractivity contribution is -0.117. The fraction of sp³-hybridized carbons (Fsp3) is 0.222. The van der Waals surface area contributed by atoms with Gasteiger partial charge in [0.25, 0.3) is 5.56 Å². The minimum atomic E-state index is -0.412. The Kier molecular flexibility index (Phi) is 7.07. The minimum absolute atomic E-state index is 0.253. The van der Waals surface area contributed by atoms with E-state index in [1.165, 1.54) is 18.1 Å². The molecule has 10 heteroatoms. The van der Waals surface area contributed by atoms with Crippen LogP contribution >= 0.6 is 0 Å². The van der Waals surface area contributed by atoms with Crippen LogP contribution in [-0.2, 0) is 11.3 Å². The van der Waals surface area contributed by atoms with E-state index in [0.29, 0.717) is 17.3 Å². The summed E-state index contributed by atoms with van der Waals surface area (Å²) in [4.78, 5) is 38.2. The van der Waals surface area contributed by atoms with Gasteiger partial charge >= 0.3 is 0 Å². The Labute approximate surface area is 214 Å². The molecule has 0 atom stereocenters. The normalized spacial score (nSPS) is 13.3. The first kappa shape index (κ1) is 24.0. The van der Waals surface area contributed by atoms with E-state index >= 15 is 0 Å². The summed E-state index contributed by atoms with van der Waals surface area (Å²) in [5.74, 6) is 1.33. The molecule has 1 aliphatic heterocycles. The van der Waals surface area contributed by atoms with Gasteiger partial charge in [-0.25, -0.2) is 14.6 Å². The number of benzene rings is 2. The molecule has 1 N–H and O–H groups in total. The van der Waals surface area contributed by atoms with Gasteiger partial charge in [0.05, 0.1) is 12.8 Å². The summed E-state index contributed by atoms with van der Waals surface area (Å²) in [6.07, 6.45) is 1.43. The molecule has 1 aliphatic rings. The Morgan fingerprint density at radius 1 is 0.919 bits per heavy atom. The lowest BCUT2D eigenvalue weighted by atomic mass is 10.1. The van der Waals surface area contributed by atoms with Gasteiger partial charge in [-0.05, 0) is 30.3 Å². The quantitative estimate of drug-likeness (QED) is 0.416. The third kappa shape index (κ3) is 5.58. The molecule has 188 valence electrons. The van der Waals surface area contributed by atoms with Crippen molar-refractivity contribution in [3.05, 3.63) is 89.5 Å². The van der Waals surface area contributed by atoms with E-state index in [9.17, 15) is 9.59 Å². The van der Waals surface area contributed by atoms with Gasteiger partial charge in [-0.3, -0.25) is 9.59 Å². The number of para-hydroxylation sites is 2. The Morgan fingerprint density at radius 3 is 2.43 bits per heavy atom. The standard InChI is InChI=1S/C27H27N7O3/c1-37-23-10-6-5-9-21(23)22-11-12-27(36)34(31-22)18-26(35)30-24-17-25(29-19-28-24)33-15-13-32(14-16-33)20-7-3-2-4-8-20/h2-12,17,19H,13-16,18H2,1H3,(H,28,29,30,35). The molecule has 37 heavy (non-hydrogen) atoms. The third-order valence-electron chi connectivity index (χ3n) is 6.19. The Bertz CT molecular complexity index is 1430. The molecule has 0 radical (unpaired) electrons. The number of aromatic nitrogens is 4. The highest BCUT2D eigenvalue weighted by Crippen LogP contribution is 2.27. The maximum atomic E-state index is 12.8. The van der Waals surface area contributed by atoms with Crippen LogP contribution in [0.3, 0.4) is 0 Å². The van der Waals surface area contributed by atoms with Gasteiger partial charge in [0, 0.05) is 49.6 Å². The highest BCUT2D eigenvalue weighted by molar-refractivity contribution is 5.89. The second kappa shape index (κ2) is 10.9. The van der Waals surface area contributed by atoms with Crippen LogP contribution in [0.2, 0.25) is 0 Å². The van der Waals surface area contributed by atoms with Gasteiger partial charge in [0.2, 0.25) is 5.91 Å². The maximum Gasteiger partial charge on any atom is 0.267 e. The van der Waals surface area contributed by atoms with E-state index in [2.05, 4.69) is 42.3 Å². The lowest BCUT2D eigenvalue weighted by Gasteiger charge is -2.36. The van der Waals surface area contributed by atoms with Crippen LogP contribution in [-0.4, -0.2) is 58.9 Å². The minimum Gasteiger partial charge on any atom is -0.496 e. The van der Waals surface area contributed by atoms with Crippen LogP contribution in [0, 0.1) is 0 Å². The zero-order chi connectivity index (χ0) is 25.6. The zero-order valence-corrected chi connectivity index (χ0v) is 20.4. The second-order valence-electron chi connectivity index (χ2n) is 8.53. The highest BCUT2D eigenvalue weighted by Gasteiger charge is 2.19. The summed E-state index contributed by atoms with van der Waals surface area (Å²) in [7, 11) is 1.57. The van der Waals surface area contributed by atoms with Gasteiger partial charge < -0.3 is 19.9 Å². The molecule has 1 saturated heterocycles. The van der Waals surface area contributed by atoms with Crippen molar-refractivity contribution in [1.82, 2.24) is 19.7 Å². The van der Waals surface area contributed by atoms with Crippen molar-refractivity contribution < 1.29 is 9.53 Å². The van der Waals surface area contributed by atoms with Gasteiger partial charge in [-0.15, -0.1) is 0 Å². The van der Waals surface area contributed by atoms with Crippen molar-refractivity contribution in [2.24, 2.45) is 0 Å². The molecule has 3 heterocycles. The van der Waals surface area contributed by atoms with Crippen molar-refractivity contribution in [2.75, 3.05) is 48.4 Å². The van der Waals surface area contributed by atoms with Gasteiger partial charge in [0.15, 0.2) is 0 Å². The highest BCUT2D eigenvalue weighted by atomic mass is 16.5. The summed E-state index contributed by atoms with van der Waals surface area (Å²) in [5.41, 5.74) is 2.08. The van der Waals surface area contributed by atoms with Crippen molar-refractivity contribution in [3.63, 3.8) is 0 Å². The number of hydrogen-bond acceptors (Lipinski definition) is 8. The first-order chi connectivity index (χ1) is 18.1. The average Bonchev–Trinajstić information content (AvgIpc) is 2.95. The number of hydrogen-bond donors (Lipinski definition) is 1. The van der Waals surface area contributed by atoms with Crippen LogP contribution in [0.4, 0.5) is 17.3 Å². The predicted molar refractivity (Wildman–Crippen MR) is 142 cm³/mol. The van der Waals surface area contributed by atoms with Gasteiger partial charge in [0.1, 0.15) is 30.3 Å². The Morgan fingerprint density at radius 2 is 1.65 bits per heavy atom. The second-order valence-corrected chi connectivity index (χ2v) is 8.53. The summed E-state index contributed by atoms with van der Waals surface area (Å²) < 4.78 is 6.52. The molecule has 2 aromatic heterocycles. The Hall–Kier alpha value is -4.73. The molecule has 1 fully saturated rings. The Balaban J connectivity index is 1.24. The molecule has 2 aromatic carbocycles. The van der Waals surface area contributed by atoms with E-state index in [0.717, 1.165) is 42.2 Å². The number of carbonyl (C=O) groups is 1. The molecule has 4 aromatic rings. The van der Waals surface area contributed by atoms with E-state index < -0.39 is 5.91 Å². The summed E-state index contributed by atoms with van der Waals surface area (Å²) in [5, 5.41) is 7.14. The SMILES string of the molecule is COc1ccccc1-c1ccc(=O)n(CC(=O)Nc2cc(N3CCN(c4ccccc4)CC3)ncn2)n1. The fourth-order valence-corrected chi connectivity index (χ4v) is 4.30. The maximum absolute atomic E-state index is 12.8. The van der Waals surface area contributed by atoms with Gasteiger partial charge in [-0.1, -0.05) is 30.3 Å². The molecule has 0 spiro atoms. The number of ether oxygens (including phenoxy) is 1. The summed E-state index contributed by atoms with van der Waals surface area (Å²) in [6.45, 7) is 3.08. The molecule has 0 saturated carbocycles. The number of anilines is 3. The number of nitrogens with one attached hydrogen (secondary N) is 1. The number of carbonyl (C=O) groups excluding carboxylic acids is 1. The smallest absolute Gasteiger partial charge is 0.267 e. The van der Waals surface area contributed by atoms with Crippen molar-refractivity contribution >= 4 is 23.2 Å². The van der Waals surface area contributed by atoms with Crippen molar-refractivity contribution in [1.29, 1.82) is 0 Å². The molecule has 10 nitrogen and oxygen atoms in total. The van der Waals surface area contributed by atoms with E-state index in [1.54, 1.807) is 19.2 Å². The van der Waals surface area contributed by atoms with Crippen LogP contribution < -0.4 is 25.4 Å². The molecule has 0 aliphatic carbocycles. The van der Waals surface area contributed by atoms with E-state index in [4.69, 9.17) is 4.74 Å². The van der Waals surface area contributed by atoms with Crippen molar-refractivity contribution in [2.45, 2.75) is 6.54 Å². The topological polar surface area (TPSA) is 105 Å².